The molecular formula is C21H29N4O4+. The van der Waals surface area contributed by atoms with E-state index < -0.39 is 0 Å². The Kier molecular flexibility index (Phi) is 7.97. The number of benzene rings is 1. The third-order valence-corrected chi connectivity index (χ3v) is 4.28. The molecule has 156 valence electrons. The molecule has 1 aromatic heterocycles. The first-order valence-corrected chi connectivity index (χ1v) is 9.58. The maximum Gasteiger partial charge on any atom is 0.278 e. The third-order valence-electron chi connectivity index (χ3n) is 4.28. The smallest absolute Gasteiger partial charge is 0.278 e. The highest BCUT2D eigenvalue weighted by atomic mass is 16.3. The molecule has 1 atom stereocenters. The molecule has 0 saturated heterocycles. The van der Waals surface area contributed by atoms with E-state index in [9.17, 15) is 14.4 Å². The summed E-state index contributed by atoms with van der Waals surface area (Å²) < 4.78 is 5.55. The lowest BCUT2D eigenvalue weighted by molar-refractivity contribution is -0.886. The summed E-state index contributed by atoms with van der Waals surface area (Å²) in [4.78, 5) is 38.5. The van der Waals surface area contributed by atoms with Gasteiger partial charge in [0.05, 0.1) is 7.05 Å². The van der Waals surface area contributed by atoms with Crippen molar-refractivity contribution in [2.75, 3.05) is 37.3 Å². The van der Waals surface area contributed by atoms with E-state index in [4.69, 9.17) is 4.42 Å². The van der Waals surface area contributed by atoms with Crippen LogP contribution >= 0.6 is 0 Å². The molecule has 2 aromatic rings. The molecular weight excluding hydrogens is 372 g/mol. The van der Waals surface area contributed by atoms with E-state index in [0.717, 1.165) is 16.4 Å². The number of carbonyl (C=O) groups is 3. The van der Waals surface area contributed by atoms with Crippen LogP contribution in [-0.2, 0) is 20.9 Å². The van der Waals surface area contributed by atoms with E-state index in [2.05, 4.69) is 10.6 Å². The zero-order chi connectivity index (χ0) is 21.4. The summed E-state index contributed by atoms with van der Waals surface area (Å²) in [5.74, 6) is 1.15. The summed E-state index contributed by atoms with van der Waals surface area (Å²) in [6.07, 6.45) is 0. The second-order valence-corrected chi connectivity index (χ2v) is 7.04. The average molecular weight is 401 g/mol. The fourth-order valence-corrected chi connectivity index (χ4v) is 2.90. The van der Waals surface area contributed by atoms with Crippen LogP contribution in [0.5, 0.6) is 0 Å². The summed E-state index contributed by atoms with van der Waals surface area (Å²) in [6, 6.07) is 10.6. The maximum absolute atomic E-state index is 12.6. The Balaban J connectivity index is 1.84. The monoisotopic (exact) mass is 401 g/mol. The van der Waals surface area contributed by atoms with E-state index in [1.807, 2.05) is 33.0 Å². The molecule has 0 aliphatic rings. The number of nitrogens with zero attached hydrogens (tertiary/aromatic N) is 1. The first-order chi connectivity index (χ1) is 13.8. The number of hydrogen-bond donors (Lipinski definition) is 3. The van der Waals surface area contributed by atoms with Crippen LogP contribution in [0.25, 0.3) is 0 Å². The number of anilines is 2. The molecule has 0 saturated carbocycles. The highest BCUT2D eigenvalue weighted by Crippen LogP contribution is 2.13. The number of hydrogen-bond acceptors (Lipinski definition) is 4. The van der Waals surface area contributed by atoms with Gasteiger partial charge in [0.2, 0.25) is 11.8 Å². The molecule has 8 nitrogen and oxygen atoms in total. The Morgan fingerprint density at radius 1 is 1.03 bits per heavy atom. The van der Waals surface area contributed by atoms with Crippen molar-refractivity contribution in [2.24, 2.45) is 0 Å². The van der Waals surface area contributed by atoms with Gasteiger partial charge in [0.25, 0.3) is 5.91 Å². The van der Waals surface area contributed by atoms with Crippen LogP contribution in [0.3, 0.4) is 0 Å². The van der Waals surface area contributed by atoms with Crippen LogP contribution in [0, 0.1) is 6.92 Å². The molecule has 29 heavy (non-hydrogen) atoms. The minimum Gasteiger partial charge on any atom is -0.460 e. The van der Waals surface area contributed by atoms with E-state index in [-0.39, 0.29) is 30.8 Å². The van der Waals surface area contributed by atoms with E-state index in [0.29, 0.717) is 24.5 Å². The highest BCUT2D eigenvalue weighted by molar-refractivity contribution is 5.95. The fourth-order valence-electron chi connectivity index (χ4n) is 2.90. The number of aryl methyl sites for hydroxylation is 1. The number of nitrogens with one attached hydrogen (secondary N) is 3. The Labute approximate surface area is 170 Å². The molecule has 0 aliphatic carbocycles. The average Bonchev–Trinajstić information content (AvgIpc) is 3.05. The van der Waals surface area contributed by atoms with E-state index in [1.165, 1.54) is 11.8 Å². The summed E-state index contributed by atoms with van der Waals surface area (Å²) in [5.41, 5.74) is 1.25. The zero-order valence-electron chi connectivity index (χ0n) is 17.4. The van der Waals surface area contributed by atoms with Gasteiger partial charge in [0, 0.05) is 24.8 Å². The van der Waals surface area contributed by atoms with Gasteiger partial charge in [-0.25, -0.2) is 0 Å². The van der Waals surface area contributed by atoms with Crippen LogP contribution in [0.2, 0.25) is 0 Å². The molecule has 8 heteroatoms. The molecule has 0 spiro atoms. The van der Waals surface area contributed by atoms with Crippen molar-refractivity contribution in [2.45, 2.75) is 27.3 Å². The number of furan rings is 1. The lowest BCUT2D eigenvalue weighted by Crippen LogP contribution is -3.08. The Bertz CT molecular complexity index is 845. The molecule has 2 rings (SSSR count). The number of likely N-dealkylation sites (N-methyl/N-ethyl adjacent to an activating group) is 2. The first kappa shape index (κ1) is 22.2. The van der Waals surface area contributed by atoms with Gasteiger partial charge in [0.15, 0.2) is 12.3 Å². The lowest BCUT2D eigenvalue weighted by atomic mass is 10.2. The van der Waals surface area contributed by atoms with Crippen molar-refractivity contribution >= 4 is 29.1 Å². The van der Waals surface area contributed by atoms with Crippen LogP contribution in [0.1, 0.15) is 25.4 Å². The van der Waals surface area contributed by atoms with Crippen LogP contribution in [0.15, 0.2) is 40.8 Å². The molecule has 0 bridgehead atoms. The van der Waals surface area contributed by atoms with Crippen LogP contribution in [-0.4, -0.2) is 49.3 Å². The summed E-state index contributed by atoms with van der Waals surface area (Å²) in [5, 5.41) is 5.44. The number of quaternary nitrogens is 1. The molecule has 0 aliphatic heterocycles. The number of carbonyl (C=O) groups excluding carboxylic acids is 3. The molecule has 3 amide bonds. The second kappa shape index (κ2) is 10.4. The number of rotatable bonds is 9. The van der Waals surface area contributed by atoms with Crippen LogP contribution in [0.4, 0.5) is 11.4 Å². The van der Waals surface area contributed by atoms with Crippen molar-refractivity contribution in [3.63, 3.8) is 0 Å². The highest BCUT2D eigenvalue weighted by Gasteiger charge is 2.20. The predicted octanol–water partition coefficient (Wildman–Crippen LogP) is 1.05. The lowest BCUT2D eigenvalue weighted by Gasteiger charge is -2.22. The molecule has 3 N–H and O–H groups in total. The van der Waals surface area contributed by atoms with E-state index in [1.54, 1.807) is 24.3 Å². The van der Waals surface area contributed by atoms with Gasteiger partial charge >= 0.3 is 0 Å². The fraction of sp³-hybridized carbons (Fsp3) is 0.381. The molecule has 1 heterocycles. The van der Waals surface area contributed by atoms with Crippen molar-refractivity contribution in [3.8, 4) is 0 Å². The Hall–Kier alpha value is -3.13. The topological polar surface area (TPSA) is 96.1 Å². The largest absolute Gasteiger partial charge is 0.460 e. The summed E-state index contributed by atoms with van der Waals surface area (Å²) >= 11 is 0. The first-order valence-electron chi connectivity index (χ1n) is 9.58. The normalized spacial score (nSPS) is 11.6. The Morgan fingerprint density at radius 2 is 1.66 bits per heavy atom. The number of amides is 3. The zero-order valence-corrected chi connectivity index (χ0v) is 17.4. The molecule has 0 radical (unpaired) electrons. The van der Waals surface area contributed by atoms with Gasteiger partial charge in [-0.15, -0.1) is 0 Å². The molecule has 1 aromatic carbocycles. The predicted molar refractivity (Wildman–Crippen MR) is 111 cm³/mol. The molecule has 0 fully saturated rings. The molecule has 1 unspecified atom stereocenters. The van der Waals surface area contributed by atoms with Gasteiger partial charge in [-0.1, -0.05) is 0 Å². The van der Waals surface area contributed by atoms with Gasteiger partial charge in [-0.05, 0) is 50.2 Å². The van der Waals surface area contributed by atoms with Gasteiger partial charge in [-0.2, -0.15) is 0 Å². The van der Waals surface area contributed by atoms with Crippen molar-refractivity contribution in [1.29, 1.82) is 0 Å². The maximum atomic E-state index is 12.6. The van der Waals surface area contributed by atoms with Crippen molar-refractivity contribution in [1.82, 2.24) is 4.90 Å². The van der Waals surface area contributed by atoms with Crippen molar-refractivity contribution < 1.29 is 23.7 Å². The van der Waals surface area contributed by atoms with Crippen LogP contribution < -0.4 is 15.5 Å². The van der Waals surface area contributed by atoms with Gasteiger partial charge in [0.1, 0.15) is 18.8 Å². The SMILES string of the molecule is CCN(CC(=O)Nc1ccc(NC(C)=O)cc1)C(=O)C[NH+](C)Cc1ccc(C)o1. The summed E-state index contributed by atoms with van der Waals surface area (Å²) in [7, 11) is 1.92. The third kappa shape index (κ3) is 7.42. The van der Waals surface area contributed by atoms with E-state index >= 15 is 0 Å². The minimum absolute atomic E-state index is 0.0179. The minimum atomic E-state index is -0.271. The summed E-state index contributed by atoms with van der Waals surface area (Å²) in [6.45, 7) is 6.46. The van der Waals surface area contributed by atoms with Gasteiger partial charge < -0.3 is 24.9 Å². The van der Waals surface area contributed by atoms with Gasteiger partial charge in [-0.3, -0.25) is 14.4 Å². The Morgan fingerprint density at radius 3 is 2.17 bits per heavy atom. The second-order valence-electron chi connectivity index (χ2n) is 7.04. The van der Waals surface area contributed by atoms with Crippen molar-refractivity contribution in [3.05, 3.63) is 47.9 Å². The quantitative estimate of drug-likeness (QED) is 0.585. The standard InChI is InChI=1S/C21H28N4O4/c1-5-25(21(28)14-24(4)12-19-11-6-15(2)29-19)13-20(27)23-18-9-7-17(8-10-18)22-16(3)26/h6-11H,5,12-14H2,1-4H3,(H,22,26)(H,23,27)/p+1.